The van der Waals surface area contributed by atoms with Gasteiger partial charge in [-0.2, -0.15) is 0 Å². The molecule has 0 fully saturated rings. The van der Waals surface area contributed by atoms with Crippen LogP contribution >= 0.6 is 0 Å². The second kappa shape index (κ2) is 5.40. The lowest BCUT2D eigenvalue weighted by molar-refractivity contribution is 0.232. The van der Waals surface area contributed by atoms with Gasteiger partial charge in [-0.3, -0.25) is 0 Å². The molecule has 2 heteroatoms. The van der Waals surface area contributed by atoms with Gasteiger partial charge in [0.25, 0.3) is 0 Å². The molecule has 2 N–H and O–H groups in total. The van der Waals surface area contributed by atoms with Crippen LogP contribution in [0.4, 0.5) is 4.39 Å². The van der Waals surface area contributed by atoms with E-state index in [1.807, 2.05) is 19.9 Å². The minimum absolute atomic E-state index is 0.166. The van der Waals surface area contributed by atoms with Crippen molar-refractivity contribution in [2.24, 2.45) is 17.1 Å². The topological polar surface area (TPSA) is 26.0 Å². The van der Waals surface area contributed by atoms with Gasteiger partial charge in [0.2, 0.25) is 0 Å². The summed E-state index contributed by atoms with van der Waals surface area (Å²) in [5.74, 6) is 0.286. The molecule has 1 nitrogen and oxygen atoms in total. The van der Waals surface area contributed by atoms with Crippen LogP contribution in [-0.2, 0) is 0 Å². The molecule has 1 aromatic carbocycles. The molecule has 0 aliphatic heterocycles. The molecule has 0 heterocycles. The third-order valence-corrected chi connectivity index (χ3v) is 3.94. The molecular weight excluding hydrogens is 225 g/mol. The summed E-state index contributed by atoms with van der Waals surface area (Å²) in [6.07, 6.45) is 0.810. The number of aryl methyl sites for hydroxylation is 2. The van der Waals surface area contributed by atoms with E-state index in [2.05, 4.69) is 27.7 Å². The molecule has 0 aliphatic rings. The first-order chi connectivity index (χ1) is 8.12. The lowest BCUT2D eigenvalue weighted by atomic mass is 9.77. The second-order valence-corrected chi connectivity index (χ2v) is 6.59. The van der Waals surface area contributed by atoms with Crippen molar-refractivity contribution in [3.05, 3.63) is 34.6 Å². The van der Waals surface area contributed by atoms with Crippen molar-refractivity contribution in [3.8, 4) is 0 Å². The van der Waals surface area contributed by atoms with Crippen LogP contribution in [0.1, 0.15) is 56.8 Å². The van der Waals surface area contributed by atoms with E-state index in [1.165, 1.54) is 0 Å². The molecule has 0 radical (unpaired) electrons. The third-order valence-electron chi connectivity index (χ3n) is 3.94. The van der Waals surface area contributed by atoms with Crippen LogP contribution in [0, 0.1) is 31.0 Å². The van der Waals surface area contributed by atoms with Gasteiger partial charge in [0, 0.05) is 11.6 Å². The number of hydrogen-bond acceptors (Lipinski definition) is 1. The Hall–Kier alpha value is -0.890. The van der Waals surface area contributed by atoms with Crippen LogP contribution in [0.2, 0.25) is 0 Å². The Kier molecular flexibility index (Phi) is 4.55. The van der Waals surface area contributed by atoms with Crippen molar-refractivity contribution in [2.75, 3.05) is 0 Å². The van der Waals surface area contributed by atoms with E-state index in [0.717, 1.165) is 17.5 Å². The minimum Gasteiger partial charge on any atom is -0.324 e. The first-order valence-corrected chi connectivity index (χ1v) is 6.65. The largest absolute Gasteiger partial charge is 0.324 e. The maximum absolute atomic E-state index is 14.0. The maximum Gasteiger partial charge on any atom is 0.128 e. The highest BCUT2D eigenvalue weighted by Crippen LogP contribution is 2.34. The quantitative estimate of drug-likeness (QED) is 0.840. The molecule has 18 heavy (non-hydrogen) atoms. The van der Waals surface area contributed by atoms with E-state index >= 15 is 0 Å². The molecule has 0 saturated heterocycles. The molecule has 0 amide bonds. The van der Waals surface area contributed by atoms with Crippen LogP contribution in [-0.4, -0.2) is 0 Å². The average Bonchev–Trinajstić information content (AvgIpc) is 2.13. The lowest BCUT2D eigenvalue weighted by Crippen LogP contribution is -2.24. The average molecular weight is 251 g/mol. The zero-order valence-corrected chi connectivity index (χ0v) is 12.5. The summed E-state index contributed by atoms with van der Waals surface area (Å²) < 4.78 is 14.0. The predicted octanol–water partition coefficient (Wildman–Crippen LogP) is 4.51. The zero-order valence-electron chi connectivity index (χ0n) is 12.5. The van der Waals surface area contributed by atoms with Crippen LogP contribution in [0.3, 0.4) is 0 Å². The normalized spacial score (nSPS) is 15.6. The van der Waals surface area contributed by atoms with Crippen molar-refractivity contribution in [3.63, 3.8) is 0 Å². The number of nitrogens with two attached hydrogens (primary N) is 1. The molecule has 1 aromatic rings. The van der Waals surface area contributed by atoms with Gasteiger partial charge in [0.05, 0.1) is 0 Å². The first-order valence-electron chi connectivity index (χ1n) is 6.65. The Morgan fingerprint density at radius 1 is 1.22 bits per heavy atom. The van der Waals surface area contributed by atoms with Crippen LogP contribution in [0.5, 0.6) is 0 Å². The Balaban J connectivity index is 2.95. The van der Waals surface area contributed by atoms with Gasteiger partial charge in [-0.15, -0.1) is 0 Å². The number of rotatable bonds is 3. The molecule has 0 saturated carbocycles. The Morgan fingerprint density at radius 3 is 2.22 bits per heavy atom. The molecule has 102 valence electrons. The molecule has 1 rings (SSSR count). The van der Waals surface area contributed by atoms with E-state index in [0.29, 0.717) is 11.5 Å². The molecule has 0 bridgehead atoms. The number of halogens is 1. The second-order valence-electron chi connectivity index (χ2n) is 6.59. The monoisotopic (exact) mass is 251 g/mol. The summed E-state index contributed by atoms with van der Waals surface area (Å²) in [5, 5.41) is 0. The minimum atomic E-state index is -0.222. The van der Waals surface area contributed by atoms with Gasteiger partial charge in [0.15, 0.2) is 0 Å². The fourth-order valence-electron chi connectivity index (χ4n) is 2.25. The van der Waals surface area contributed by atoms with E-state index in [4.69, 9.17) is 5.73 Å². The molecule has 2 unspecified atom stereocenters. The van der Waals surface area contributed by atoms with Crippen molar-refractivity contribution >= 4 is 0 Å². The van der Waals surface area contributed by atoms with E-state index in [9.17, 15) is 4.39 Å². The Labute approximate surface area is 111 Å². The Bertz CT molecular complexity index is 395. The third kappa shape index (κ3) is 3.55. The van der Waals surface area contributed by atoms with Gasteiger partial charge in [0.1, 0.15) is 5.82 Å². The molecule has 0 aliphatic carbocycles. The standard InChI is InChI=1S/C16H26FN/c1-10-7-11(2)15(13(17)8-10)14(18)9-12(3)16(4,5)6/h7-8,12,14H,9,18H2,1-6H3. The van der Waals surface area contributed by atoms with Crippen molar-refractivity contribution < 1.29 is 4.39 Å². The van der Waals surface area contributed by atoms with Gasteiger partial charge in [-0.05, 0) is 48.8 Å². The van der Waals surface area contributed by atoms with Crippen molar-refractivity contribution in [1.29, 1.82) is 0 Å². The van der Waals surface area contributed by atoms with Crippen LogP contribution in [0.25, 0.3) is 0 Å². The maximum atomic E-state index is 14.0. The van der Waals surface area contributed by atoms with Gasteiger partial charge in [-0.1, -0.05) is 33.8 Å². The number of hydrogen-bond donors (Lipinski definition) is 1. The highest BCUT2D eigenvalue weighted by molar-refractivity contribution is 5.34. The van der Waals surface area contributed by atoms with Crippen molar-refractivity contribution in [2.45, 2.75) is 54.0 Å². The zero-order chi connectivity index (χ0) is 14.1. The predicted molar refractivity (Wildman–Crippen MR) is 76.0 cm³/mol. The Morgan fingerprint density at radius 2 is 1.78 bits per heavy atom. The smallest absolute Gasteiger partial charge is 0.128 e. The van der Waals surface area contributed by atoms with E-state index < -0.39 is 0 Å². The summed E-state index contributed by atoms with van der Waals surface area (Å²) in [6, 6.07) is 3.35. The SMILES string of the molecule is Cc1cc(C)c(C(N)CC(C)C(C)(C)C)c(F)c1. The van der Waals surface area contributed by atoms with E-state index in [1.54, 1.807) is 6.07 Å². The molecular formula is C16H26FN. The van der Waals surface area contributed by atoms with Crippen LogP contribution < -0.4 is 5.73 Å². The molecule has 0 aromatic heterocycles. The van der Waals surface area contributed by atoms with Crippen LogP contribution in [0.15, 0.2) is 12.1 Å². The van der Waals surface area contributed by atoms with Gasteiger partial charge >= 0.3 is 0 Å². The fraction of sp³-hybridized carbons (Fsp3) is 0.625. The summed E-state index contributed by atoms with van der Waals surface area (Å²) >= 11 is 0. The summed E-state index contributed by atoms with van der Waals surface area (Å²) in [5.41, 5.74) is 8.99. The summed E-state index contributed by atoms with van der Waals surface area (Å²) in [4.78, 5) is 0. The van der Waals surface area contributed by atoms with Gasteiger partial charge in [-0.25, -0.2) is 4.39 Å². The highest BCUT2D eigenvalue weighted by Gasteiger charge is 2.24. The highest BCUT2D eigenvalue weighted by atomic mass is 19.1. The first kappa shape index (κ1) is 15.2. The fourth-order valence-corrected chi connectivity index (χ4v) is 2.25. The summed E-state index contributed by atoms with van der Waals surface area (Å²) in [6.45, 7) is 12.6. The van der Waals surface area contributed by atoms with Gasteiger partial charge < -0.3 is 5.73 Å². The van der Waals surface area contributed by atoms with Crippen molar-refractivity contribution in [1.82, 2.24) is 0 Å². The van der Waals surface area contributed by atoms with E-state index in [-0.39, 0.29) is 17.3 Å². The lowest BCUT2D eigenvalue weighted by Gasteiger charge is -2.30. The molecule has 0 spiro atoms. The number of benzene rings is 1. The summed E-state index contributed by atoms with van der Waals surface area (Å²) in [7, 11) is 0. The molecule has 2 atom stereocenters.